The summed E-state index contributed by atoms with van der Waals surface area (Å²) in [5.74, 6) is -2.77. The van der Waals surface area contributed by atoms with Gasteiger partial charge in [-0.2, -0.15) is 0 Å². The van der Waals surface area contributed by atoms with Gasteiger partial charge in [-0.25, -0.2) is 0 Å². The number of ether oxygens (including phenoxy) is 1. The summed E-state index contributed by atoms with van der Waals surface area (Å²) in [4.78, 5) is 22.7. The number of rotatable bonds is 8. The van der Waals surface area contributed by atoms with E-state index in [1.54, 1.807) is 6.92 Å². The number of aliphatic carboxylic acids is 1. The van der Waals surface area contributed by atoms with Crippen LogP contribution < -0.4 is 0 Å². The second kappa shape index (κ2) is 8.13. The van der Waals surface area contributed by atoms with Crippen molar-refractivity contribution in [1.29, 1.82) is 0 Å². The van der Waals surface area contributed by atoms with E-state index in [0.29, 0.717) is 0 Å². The zero-order valence-electron chi connectivity index (χ0n) is 10.4. The topological polar surface area (TPSA) is 63.6 Å². The summed E-state index contributed by atoms with van der Waals surface area (Å²) in [7, 11) is 0. The van der Waals surface area contributed by atoms with Gasteiger partial charge < -0.3 is 9.84 Å². The highest BCUT2D eigenvalue weighted by Gasteiger charge is 2.34. The first-order chi connectivity index (χ1) is 7.58. The predicted octanol–water partition coefficient (Wildman–Crippen LogP) is 2.47. The molecule has 16 heavy (non-hydrogen) atoms. The molecule has 0 bridgehead atoms. The Balaban J connectivity index is 4.68. The molecule has 0 aliphatic rings. The minimum absolute atomic E-state index is 0.105. The molecule has 0 spiro atoms. The predicted molar refractivity (Wildman–Crippen MR) is 61.1 cm³/mol. The Morgan fingerprint density at radius 1 is 1.12 bits per heavy atom. The Morgan fingerprint density at radius 2 is 1.62 bits per heavy atom. The van der Waals surface area contributed by atoms with Crippen molar-refractivity contribution in [2.24, 2.45) is 11.8 Å². The lowest BCUT2D eigenvalue weighted by molar-refractivity contribution is -0.161. The molecule has 0 aromatic heterocycles. The maximum Gasteiger partial charge on any atom is 0.320 e. The van der Waals surface area contributed by atoms with E-state index in [9.17, 15) is 9.59 Å². The molecule has 4 heteroatoms. The van der Waals surface area contributed by atoms with Crippen molar-refractivity contribution in [3.8, 4) is 0 Å². The molecule has 94 valence electrons. The SMILES string of the molecule is CCCC(CCC)[C@H](C(=O)O)C(=O)OCC. The third-order valence-electron chi connectivity index (χ3n) is 2.60. The van der Waals surface area contributed by atoms with Crippen LogP contribution in [0.4, 0.5) is 0 Å². The normalized spacial score (nSPS) is 12.5. The quantitative estimate of drug-likeness (QED) is 0.514. The largest absolute Gasteiger partial charge is 0.481 e. The molecule has 0 radical (unpaired) electrons. The summed E-state index contributed by atoms with van der Waals surface area (Å²) in [6.45, 7) is 5.90. The maximum absolute atomic E-state index is 11.6. The van der Waals surface area contributed by atoms with Crippen molar-refractivity contribution in [2.75, 3.05) is 6.61 Å². The van der Waals surface area contributed by atoms with Crippen LogP contribution in [-0.2, 0) is 14.3 Å². The van der Waals surface area contributed by atoms with E-state index in [-0.39, 0.29) is 12.5 Å². The Labute approximate surface area is 97.0 Å². The fourth-order valence-corrected chi connectivity index (χ4v) is 1.95. The van der Waals surface area contributed by atoms with Crippen LogP contribution in [0.15, 0.2) is 0 Å². The summed E-state index contributed by atoms with van der Waals surface area (Å²) in [6, 6.07) is 0. The highest BCUT2D eigenvalue weighted by atomic mass is 16.5. The van der Waals surface area contributed by atoms with Gasteiger partial charge in [0.25, 0.3) is 0 Å². The molecule has 0 saturated heterocycles. The molecule has 0 rings (SSSR count). The molecule has 0 aromatic rings. The molecule has 4 nitrogen and oxygen atoms in total. The van der Waals surface area contributed by atoms with Crippen molar-refractivity contribution in [2.45, 2.75) is 46.5 Å². The fraction of sp³-hybridized carbons (Fsp3) is 0.833. The van der Waals surface area contributed by atoms with Crippen LogP contribution >= 0.6 is 0 Å². The van der Waals surface area contributed by atoms with Crippen LogP contribution in [0.1, 0.15) is 46.5 Å². The van der Waals surface area contributed by atoms with Gasteiger partial charge in [-0.15, -0.1) is 0 Å². The molecular weight excluding hydrogens is 208 g/mol. The number of carbonyl (C=O) groups excluding carboxylic acids is 1. The lowest BCUT2D eigenvalue weighted by Crippen LogP contribution is -2.33. The zero-order valence-corrected chi connectivity index (χ0v) is 10.4. The van der Waals surface area contributed by atoms with Gasteiger partial charge in [-0.3, -0.25) is 9.59 Å². The molecule has 0 heterocycles. The molecule has 0 fully saturated rings. The third-order valence-corrected chi connectivity index (χ3v) is 2.60. The van der Waals surface area contributed by atoms with Crippen LogP contribution in [0.5, 0.6) is 0 Å². The number of carboxylic acid groups (broad SMARTS) is 1. The second-order valence-electron chi connectivity index (χ2n) is 3.91. The van der Waals surface area contributed by atoms with Crippen LogP contribution in [-0.4, -0.2) is 23.7 Å². The highest BCUT2D eigenvalue weighted by molar-refractivity contribution is 5.94. The molecule has 0 amide bonds. The molecular formula is C12H22O4. The number of hydrogen-bond acceptors (Lipinski definition) is 3. The van der Waals surface area contributed by atoms with Crippen molar-refractivity contribution in [1.82, 2.24) is 0 Å². The van der Waals surface area contributed by atoms with E-state index < -0.39 is 17.9 Å². The van der Waals surface area contributed by atoms with Gasteiger partial charge in [0.1, 0.15) is 0 Å². The summed E-state index contributed by atoms with van der Waals surface area (Å²) in [5.41, 5.74) is 0. The lowest BCUT2D eigenvalue weighted by Gasteiger charge is -2.21. The first-order valence-electron chi connectivity index (χ1n) is 5.97. The first kappa shape index (κ1) is 14.9. The van der Waals surface area contributed by atoms with Gasteiger partial charge in [-0.05, 0) is 25.7 Å². The zero-order chi connectivity index (χ0) is 12.6. The summed E-state index contributed by atoms with van der Waals surface area (Å²) >= 11 is 0. The first-order valence-corrected chi connectivity index (χ1v) is 5.97. The summed E-state index contributed by atoms with van der Waals surface area (Å²) in [5, 5.41) is 9.09. The van der Waals surface area contributed by atoms with Gasteiger partial charge in [-0.1, -0.05) is 26.7 Å². The third kappa shape index (κ3) is 4.64. The van der Waals surface area contributed by atoms with E-state index in [1.807, 2.05) is 13.8 Å². The monoisotopic (exact) mass is 230 g/mol. The lowest BCUT2D eigenvalue weighted by atomic mass is 9.85. The molecule has 1 atom stereocenters. The number of carboxylic acids is 1. The van der Waals surface area contributed by atoms with E-state index in [4.69, 9.17) is 9.84 Å². The van der Waals surface area contributed by atoms with Crippen molar-refractivity contribution in [3.05, 3.63) is 0 Å². The van der Waals surface area contributed by atoms with Gasteiger partial charge in [0.05, 0.1) is 6.61 Å². The Hall–Kier alpha value is -1.06. The Morgan fingerprint density at radius 3 is 1.94 bits per heavy atom. The minimum atomic E-state index is -1.06. The number of hydrogen-bond donors (Lipinski definition) is 1. The molecule has 0 aliphatic heterocycles. The summed E-state index contributed by atoms with van der Waals surface area (Å²) in [6.07, 6.45) is 3.27. The maximum atomic E-state index is 11.6. The summed E-state index contributed by atoms with van der Waals surface area (Å²) < 4.78 is 4.82. The molecule has 0 unspecified atom stereocenters. The van der Waals surface area contributed by atoms with Crippen LogP contribution in [0.2, 0.25) is 0 Å². The average molecular weight is 230 g/mol. The van der Waals surface area contributed by atoms with Gasteiger partial charge in [0.15, 0.2) is 5.92 Å². The average Bonchev–Trinajstić information content (AvgIpc) is 2.18. The standard InChI is InChI=1S/C12H22O4/c1-4-7-9(8-5-2)10(11(13)14)12(15)16-6-3/h9-10H,4-8H2,1-3H3,(H,13,14)/t10-/m1/s1. The van der Waals surface area contributed by atoms with E-state index in [1.165, 1.54) is 0 Å². The van der Waals surface area contributed by atoms with Crippen LogP contribution in [0.25, 0.3) is 0 Å². The number of esters is 1. The molecule has 0 aromatic carbocycles. The van der Waals surface area contributed by atoms with Crippen molar-refractivity contribution < 1.29 is 19.4 Å². The van der Waals surface area contributed by atoms with Crippen molar-refractivity contribution >= 4 is 11.9 Å². The number of carbonyl (C=O) groups is 2. The van der Waals surface area contributed by atoms with Gasteiger partial charge in [0, 0.05) is 0 Å². The molecule has 1 N–H and O–H groups in total. The minimum Gasteiger partial charge on any atom is -0.481 e. The Bertz CT molecular complexity index is 219. The smallest absolute Gasteiger partial charge is 0.320 e. The van der Waals surface area contributed by atoms with E-state index in [2.05, 4.69) is 0 Å². The van der Waals surface area contributed by atoms with Crippen LogP contribution in [0, 0.1) is 11.8 Å². The van der Waals surface area contributed by atoms with E-state index >= 15 is 0 Å². The molecule has 0 saturated carbocycles. The van der Waals surface area contributed by atoms with Gasteiger partial charge in [0.2, 0.25) is 0 Å². The fourth-order valence-electron chi connectivity index (χ4n) is 1.95. The van der Waals surface area contributed by atoms with Crippen molar-refractivity contribution in [3.63, 3.8) is 0 Å². The van der Waals surface area contributed by atoms with E-state index in [0.717, 1.165) is 25.7 Å². The molecule has 0 aliphatic carbocycles. The Kier molecular flexibility index (Phi) is 7.60. The van der Waals surface area contributed by atoms with Gasteiger partial charge >= 0.3 is 11.9 Å². The van der Waals surface area contributed by atoms with Crippen LogP contribution in [0.3, 0.4) is 0 Å². The highest BCUT2D eigenvalue weighted by Crippen LogP contribution is 2.24. The second-order valence-corrected chi connectivity index (χ2v) is 3.91.